The molecule has 0 aliphatic heterocycles. The number of carbonyl (C=O) groups is 2. The Kier molecular flexibility index (Phi) is 3.89. The number of benzene rings is 1. The Morgan fingerprint density at radius 2 is 2.00 bits per heavy atom. The van der Waals surface area contributed by atoms with Crippen molar-refractivity contribution in [1.29, 1.82) is 0 Å². The van der Waals surface area contributed by atoms with Crippen LogP contribution in [0, 0.1) is 6.92 Å². The Morgan fingerprint density at radius 3 is 2.55 bits per heavy atom. The van der Waals surface area contributed by atoms with E-state index in [1.54, 1.807) is 25.1 Å². The molecule has 104 valence electrons. The van der Waals surface area contributed by atoms with E-state index >= 15 is 0 Å². The zero-order chi connectivity index (χ0) is 14.7. The summed E-state index contributed by atoms with van der Waals surface area (Å²) in [5.74, 6) is -0.750. The molecule has 2 N–H and O–H groups in total. The number of amides is 1. The Hall–Kier alpha value is -2.56. The third kappa shape index (κ3) is 2.88. The summed E-state index contributed by atoms with van der Waals surface area (Å²) in [4.78, 5) is 22.1. The first-order chi connectivity index (χ1) is 9.51. The van der Waals surface area contributed by atoms with Gasteiger partial charge in [0, 0.05) is 17.7 Å². The average Bonchev–Trinajstić information content (AvgIpc) is 2.88. The third-order valence-corrected chi connectivity index (χ3v) is 2.91. The summed E-state index contributed by atoms with van der Waals surface area (Å²) in [7, 11) is 0. The Balaban J connectivity index is 2.29. The normalized spacial score (nSPS) is 10.3. The minimum absolute atomic E-state index is 0.0525. The van der Waals surface area contributed by atoms with E-state index in [-0.39, 0.29) is 11.7 Å². The molecule has 1 amide bonds. The summed E-state index contributed by atoms with van der Waals surface area (Å²) in [5.41, 5.74) is 2.40. The van der Waals surface area contributed by atoms with Gasteiger partial charge in [-0.2, -0.15) is 0 Å². The van der Waals surface area contributed by atoms with E-state index in [2.05, 4.69) is 5.32 Å². The minimum Gasteiger partial charge on any atom is -0.475 e. The highest BCUT2D eigenvalue weighted by Gasteiger charge is 2.12. The van der Waals surface area contributed by atoms with Crippen LogP contribution in [-0.2, 0) is 4.79 Å². The number of anilines is 1. The number of aromatic carboxylic acids is 1. The Morgan fingerprint density at radius 1 is 1.25 bits per heavy atom. The lowest BCUT2D eigenvalue weighted by molar-refractivity contribution is -0.115. The molecule has 0 fully saturated rings. The van der Waals surface area contributed by atoms with E-state index in [1.807, 2.05) is 13.0 Å². The fourth-order valence-corrected chi connectivity index (χ4v) is 1.86. The van der Waals surface area contributed by atoms with Gasteiger partial charge in [0.15, 0.2) is 0 Å². The number of hydrogen-bond donors (Lipinski definition) is 2. The predicted molar refractivity (Wildman–Crippen MR) is 74.8 cm³/mol. The molecule has 20 heavy (non-hydrogen) atoms. The highest BCUT2D eigenvalue weighted by molar-refractivity contribution is 5.91. The smallest absolute Gasteiger partial charge is 0.371 e. The molecule has 0 unspecified atom stereocenters. The van der Waals surface area contributed by atoms with Gasteiger partial charge in [0.05, 0.1) is 0 Å². The van der Waals surface area contributed by atoms with Crippen LogP contribution in [0.2, 0.25) is 0 Å². The van der Waals surface area contributed by atoms with Gasteiger partial charge < -0.3 is 14.8 Å². The van der Waals surface area contributed by atoms with Crippen molar-refractivity contribution in [2.24, 2.45) is 0 Å². The van der Waals surface area contributed by atoms with Crippen molar-refractivity contribution in [3.05, 3.63) is 41.7 Å². The molecule has 5 heteroatoms. The van der Waals surface area contributed by atoms with Crippen LogP contribution in [0.25, 0.3) is 11.3 Å². The molecule has 0 saturated carbocycles. The first-order valence-electron chi connectivity index (χ1n) is 6.25. The maximum Gasteiger partial charge on any atom is 0.371 e. The molecule has 0 saturated heterocycles. The molecule has 2 aromatic rings. The van der Waals surface area contributed by atoms with Crippen LogP contribution in [0.3, 0.4) is 0 Å². The van der Waals surface area contributed by atoms with Crippen molar-refractivity contribution < 1.29 is 19.1 Å². The van der Waals surface area contributed by atoms with Gasteiger partial charge in [-0.3, -0.25) is 4.79 Å². The summed E-state index contributed by atoms with van der Waals surface area (Å²) in [5, 5.41) is 11.6. The van der Waals surface area contributed by atoms with Crippen molar-refractivity contribution in [3.8, 4) is 11.3 Å². The third-order valence-electron chi connectivity index (χ3n) is 2.91. The second kappa shape index (κ2) is 5.61. The number of aryl methyl sites for hydroxylation is 1. The SMILES string of the molecule is CCC(=O)Nc1ccc(-c2ccc(C(=O)O)o2)c(C)c1. The number of carboxylic acid groups (broad SMARTS) is 1. The number of carboxylic acids is 1. The first kappa shape index (κ1) is 13.9. The first-order valence-corrected chi connectivity index (χ1v) is 6.25. The molecule has 0 spiro atoms. The van der Waals surface area contributed by atoms with Gasteiger partial charge in [0.1, 0.15) is 5.76 Å². The van der Waals surface area contributed by atoms with Crippen LogP contribution >= 0.6 is 0 Å². The van der Waals surface area contributed by atoms with E-state index in [0.29, 0.717) is 17.9 Å². The molecule has 5 nitrogen and oxygen atoms in total. The second-order valence-corrected chi connectivity index (χ2v) is 4.40. The van der Waals surface area contributed by atoms with Gasteiger partial charge >= 0.3 is 5.97 Å². The van der Waals surface area contributed by atoms with Crippen LogP contribution in [-0.4, -0.2) is 17.0 Å². The maximum absolute atomic E-state index is 11.3. The van der Waals surface area contributed by atoms with Gasteiger partial charge in [-0.1, -0.05) is 6.92 Å². The highest BCUT2D eigenvalue weighted by Crippen LogP contribution is 2.27. The monoisotopic (exact) mass is 273 g/mol. The van der Waals surface area contributed by atoms with Crippen molar-refractivity contribution in [2.75, 3.05) is 5.32 Å². The number of hydrogen-bond acceptors (Lipinski definition) is 3. The van der Waals surface area contributed by atoms with Crippen LogP contribution in [0.5, 0.6) is 0 Å². The number of nitrogens with one attached hydrogen (secondary N) is 1. The van der Waals surface area contributed by atoms with Gasteiger partial charge in [0.2, 0.25) is 11.7 Å². The summed E-state index contributed by atoms with van der Waals surface area (Å²) in [6.07, 6.45) is 0.418. The lowest BCUT2D eigenvalue weighted by Gasteiger charge is -2.07. The number of furan rings is 1. The predicted octanol–water partition coefficient (Wildman–Crippen LogP) is 3.30. The van der Waals surface area contributed by atoms with E-state index in [4.69, 9.17) is 9.52 Å². The molecule has 0 radical (unpaired) electrons. The fraction of sp³-hybridized carbons (Fsp3) is 0.200. The molecule has 0 aliphatic rings. The molecule has 0 atom stereocenters. The second-order valence-electron chi connectivity index (χ2n) is 4.40. The van der Waals surface area contributed by atoms with Gasteiger partial charge in [-0.05, 0) is 42.8 Å². The van der Waals surface area contributed by atoms with Gasteiger partial charge in [-0.15, -0.1) is 0 Å². The maximum atomic E-state index is 11.3. The zero-order valence-corrected chi connectivity index (χ0v) is 11.3. The van der Waals surface area contributed by atoms with Crippen molar-refractivity contribution in [1.82, 2.24) is 0 Å². The van der Waals surface area contributed by atoms with Crippen LogP contribution < -0.4 is 5.32 Å². The molecular weight excluding hydrogens is 258 g/mol. The van der Waals surface area contributed by atoms with Crippen LogP contribution in [0.1, 0.15) is 29.5 Å². The number of rotatable bonds is 4. The van der Waals surface area contributed by atoms with E-state index in [9.17, 15) is 9.59 Å². The highest BCUT2D eigenvalue weighted by atomic mass is 16.4. The van der Waals surface area contributed by atoms with Gasteiger partial charge in [0.25, 0.3) is 0 Å². The average molecular weight is 273 g/mol. The summed E-state index contributed by atoms with van der Waals surface area (Å²) in [6, 6.07) is 8.43. The summed E-state index contributed by atoms with van der Waals surface area (Å²) in [6.45, 7) is 3.66. The van der Waals surface area contributed by atoms with E-state index < -0.39 is 5.97 Å². The molecule has 1 aromatic carbocycles. The summed E-state index contributed by atoms with van der Waals surface area (Å²) >= 11 is 0. The zero-order valence-electron chi connectivity index (χ0n) is 11.3. The van der Waals surface area contributed by atoms with Crippen LogP contribution in [0.4, 0.5) is 5.69 Å². The molecule has 1 heterocycles. The quantitative estimate of drug-likeness (QED) is 0.895. The molecule has 1 aromatic heterocycles. The lowest BCUT2D eigenvalue weighted by atomic mass is 10.1. The largest absolute Gasteiger partial charge is 0.475 e. The Labute approximate surface area is 116 Å². The van der Waals surface area contributed by atoms with Crippen molar-refractivity contribution in [3.63, 3.8) is 0 Å². The van der Waals surface area contributed by atoms with E-state index in [1.165, 1.54) is 6.07 Å². The van der Waals surface area contributed by atoms with E-state index in [0.717, 1.165) is 11.1 Å². The summed E-state index contributed by atoms with van der Waals surface area (Å²) < 4.78 is 5.27. The Bertz CT molecular complexity index is 658. The molecule has 2 rings (SSSR count). The fourth-order valence-electron chi connectivity index (χ4n) is 1.86. The van der Waals surface area contributed by atoms with Crippen molar-refractivity contribution >= 4 is 17.6 Å². The standard InChI is InChI=1S/C15H15NO4/c1-3-14(17)16-10-4-5-11(9(2)8-10)12-6-7-13(20-12)15(18)19/h4-8H,3H2,1-2H3,(H,16,17)(H,18,19). The van der Waals surface area contributed by atoms with Gasteiger partial charge in [-0.25, -0.2) is 4.79 Å². The minimum atomic E-state index is -1.10. The number of carbonyl (C=O) groups excluding carboxylic acids is 1. The molecule has 0 bridgehead atoms. The molecular formula is C15H15NO4. The molecule has 0 aliphatic carbocycles. The topological polar surface area (TPSA) is 79.5 Å². The lowest BCUT2D eigenvalue weighted by Crippen LogP contribution is -2.09. The van der Waals surface area contributed by atoms with Crippen molar-refractivity contribution in [2.45, 2.75) is 20.3 Å². The van der Waals surface area contributed by atoms with Crippen LogP contribution in [0.15, 0.2) is 34.7 Å².